The van der Waals surface area contributed by atoms with Crippen LogP contribution in [0.3, 0.4) is 0 Å². The highest BCUT2D eigenvalue weighted by molar-refractivity contribution is 8.00. The van der Waals surface area contributed by atoms with Crippen LogP contribution in [0.2, 0.25) is 0 Å². The normalized spacial score (nSPS) is 25.1. The maximum absolute atomic E-state index is 8.62. The second-order valence-electron chi connectivity index (χ2n) is 3.51. The van der Waals surface area contributed by atoms with Crippen molar-refractivity contribution in [2.24, 2.45) is 0 Å². The van der Waals surface area contributed by atoms with E-state index in [2.05, 4.69) is 11.9 Å². The SMILES string of the molecule is CC1OCCC1Sc1ccc(C#N)nc1. The first-order valence-electron chi connectivity index (χ1n) is 4.94. The van der Waals surface area contributed by atoms with Gasteiger partial charge in [-0.1, -0.05) is 0 Å². The zero-order valence-electron chi connectivity index (χ0n) is 8.51. The highest BCUT2D eigenvalue weighted by Gasteiger charge is 2.24. The molecule has 0 radical (unpaired) electrons. The summed E-state index contributed by atoms with van der Waals surface area (Å²) in [6.07, 6.45) is 3.16. The van der Waals surface area contributed by atoms with Gasteiger partial charge in [0.2, 0.25) is 0 Å². The number of nitrogens with zero attached hydrogens (tertiary/aromatic N) is 2. The van der Waals surface area contributed by atoms with Crippen molar-refractivity contribution >= 4 is 11.8 Å². The summed E-state index contributed by atoms with van der Waals surface area (Å²) in [6.45, 7) is 2.95. The minimum Gasteiger partial charge on any atom is -0.377 e. The molecule has 0 aliphatic carbocycles. The Kier molecular flexibility index (Phi) is 3.24. The standard InChI is InChI=1S/C11H12N2OS/c1-8-11(4-5-14-8)15-10-3-2-9(6-12)13-7-10/h2-3,7-8,11H,4-5H2,1H3. The van der Waals surface area contributed by atoms with Crippen molar-refractivity contribution in [1.29, 1.82) is 5.26 Å². The predicted octanol–water partition coefficient (Wildman–Crippen LogP) is 2.22. The number of nitriles is 1. The van der Waals surface area contributed by atoms with Crippen molar-refractivity contribution in [3.63, 3.8) is 0 Å². The number of thioether (sulfide) groups is 1. The smallest absolute Gasteiger partial charge is 0.140 e. The highest BCUT2D eigenvalue weighted by atomic mass is 32.2. The molecule has 1 fully saturated rings. The Morgan fingerprint density at radius 1 is 1.60 bits per heavy atom. The molecule has 2 atom stereocenters. The van der Waals surface area contributed by atoms with Crippen LogP contribution in [-0.4, -0.2) is 22.9 Å². The Morgan fingerprint density at radius 3 is 3.00 bits per heavy atom. The summed E-state index contributed by atoms with van der Waals surface area (Å²) >= 11 is 1.78. The molecule has 1 saturated heterocycles. The van der Waals surface area contributed by atoms with E-state index in [1.807, 2.05) is 12.1 Å². The van der Waals surface area contributed by atoms with Gasteiger partial charge in [0.25, 0.3) is 0 Å². The van der Waals surface area contributed by atoms with Crippen LogP contribution in [0, 0.1) is 11.3 Å². The van der Waals surface area contributed by atoms with Crippen molar-refractivity contribution < 1.29 is 4.74 Å². The quantitative estimate of drug-likeness (QED) is 0.766. The van der Waals surface area contributed by atoms with Gasteiger partial charge in [0.1, 0.15) is 11.8 Å². The summed E-state index contributed by atoms with van der Waals surface area (Å²) in [4.78, 5) is 5.15. The first kappa shape index (κ1) is 10.5. The lowest BCUT2D eigenvalue weighted by molar-refractivity contribution is 0.127. The molecule has 0 saturated carbocycles. The van der Waals surface area contributed by atoms with Crippen LogP contribution >= 0.6 is 11.8 Å². The summed E-state index contributed by atoms with van der Waals surface area (Å²) in [7, 11) is 0. The second kappa shape index (κ2) is 4.65. The first-order valence-corrected chi connectivity index (χ1v) is 5.82. The van der Waals surface area contributed by atoms with Gasteiger partial charge in [0, 0.05) is 22.9 Å². The van der Waals surface area contributed by atoms with Gasteiger partial charge in [0.15, 0.2) is 0 Å². The van der Waals surface area contributed by atoms with Crippen molar-refractivity contribution in [3.05, 3.63) is 24.0 Å². The molecule has 3 nitrogen and oxygen atoms in total. The molecule has 2 rings (SSSR count). The van der Waals surface area contributed by atoms with E-state index in [0.29, 0.717) is 17.0 Å². The molecule has 1 aromatic rings. The Labute approximate surface area is 93.5 Å². The Bertz CT molecular complexity index is 371. The zero-order chi connectivity index (χ0) is 10.7. The van der Waals surface area contributed by atoms with Gasteiger partial charge < -0.3 is 4.74 Å². The number of pyridine rings is 1. The van der Waals surface area contributed by atoms with Crippen molar-refractivity contribution in [3.8, 4) is 6.07 Å². The van der Waals surface area contributed by atoms with Gasteiger partial charge in [-0.3, -0.25) is 0 Å². The maximum atomic E-state index is 8.62. The predicted molar refractivity (Wildman–Crippen MR) is 58.6 cm³/mol. The molecule has 0 spiro atoms. The molecule has 15 heavy (non-hydrogen) atoms. The summed E-state index contributed by atoms with van der Waals surface area (Å²) in [5.41, 5.74) is 0.468. The summed E-state index contributed by atoms with van der Waals surface area (Å²) in [6, 6.07) is 5.71. The lowest BCUT2D eigenvalue weighted by Gasteiger charge is -2.12. The van der Waals surface area contributed by atoms with E-state index in [1.54, 1.807) is 24.0 Å². The number of aromatic nitrogens is 1. The molecule has 0 N–H and O–H groups in total. The van der Waals surface area contributed by atoms with E-state index in [9.17, 15) is 0 Å². The number of rotatable bonds is 2. The van der Waals surface area contributed by atoms with Crippen LogP contribution in [0.4, 0.5) is 0 Å². The third kappa shape index (κ3) is 2.49. The molecule has 0 aromatic carbocycles. The minimum absolute atomic E-state index is 0.311. The van der Waals surface area contributed by atoms with Crippen LogP contribution in [0.15, 0.2) is 23.2 Å². The van der Waals surface area contributed by atoms with E-state index >= 15 is 0 Å². The lowest BCUT2D eigenvalue weighted by atomic mass is 10.3. The van der Waals surface area contributed by atoms with E-state index < -0.39 is 0 Å². The molecule has 0 bridgehead atoms. The van der Waals surface area contributed by atoms with E-state index in [1.165, 1.54) is 0 Å². The van der Waals surface area contributed by atoms with Crippen LogP contribution in [0.5, 0.6) is 0 Å². The fourth-order valence-corrected chi connectivity index (χ4v) is 2.65. The molecule has 1 aliphatic rings. The Balaban J connectivity index is 2.02. The average Bonchev–Trinajstić information content (AvgIpc) is 2.66. The van der Waals surface area contributed by atoms with Crippen LogP contribution in [0.25, 0.3) is 0 Å². The molecular weight excluding hydrogens is 208 g/mol. The fourth-order valence-electron chi connectivity index (χ4n) is 1.56. The molecule has 1 aliphatic heterocycles. The van der Waals surface area contributed by atoms with Gasteiger partial charge in [-0.25, -0.2) is 4.98 Å². The van der Waals surface area contributed by atoms with Gasteiger partial charge in [0.05, 0.1) is 6.10 Å². The molecule has 0 amide bonds. The molecule has 1 aromatic heterocycles. The van der Waals surface area contributed by atoms with Gasteiger partial charge in [-0.2, -0.15) is 5.26 Å². The molecule has 2 heterocycles. The summed E-state index contributed by atoms with van der Waals surface area (Å²) < 4.78 is 5.49. The summed E-state index contributed by atoms with van der Waals surface area (Å²) in [5.74, 6) is 0. The number of ether oxygens (including phenoxy) is 1. The molecule has 78 valence electrons. The monoisotopic (exact) mass is 220 g/mol. The van der Waals surface area contributed by atoms with Crippen LogP contribution < -0.4 is 0 Å². The van der Waals surface area contributed by atoms with Gasteiger partial charge >= 0.3 is 0 Å². The largest absolute Gasteiger partial charge is 0.377 e. The van der Waals surface area contributed by atoms with E-state index in [0.717, 1.165) is 17.9 Å². The zero-order valence-corrected chi connectivity index (χ0v) is 9.33. The molecule has 4 heteroatoms. The molecular formula is C11H12N2OS. The Hall–Kier alpha value is -1.05. The third-order valence-electron chi connectivity index (χ3n) is 2.45. The average molecular weight is 220 g/mol. The van der Waals surface area contributed by atoms with Crippen molar-refractivity contribution in [2.75, 3.05) is 6.61 Å². The van der Waals surface area contributed by atoms with Crippen molar-refractivity contribution in [1.82, 2.24) is 4.98 Å². The highest BCUT2D eigenvalue weighted by Crippen LogP contribution is 2.31. The number of hydrogen-bond donors (Lipinski definition) is 0. The third-order valence-corrected chi connectivity index (χ3v) is 3.88. The second-order valence-corrected chi connectivity index (χ2v) is 4.82. The first-order chi connectivity index (χ1) is 7.29. The maximum Gasteiger partial charge on any atom is 0.140 e. The lowest BCUT2D eigenvalue weighted by Crippen LogP contribution is -2.12. The Morgan fingerprint density at radius 2 is 2.47 bits per heavy atom. The van der Waals surface area contributed by atoms with Gasteiger partial charge in [-0.05, 0) is 25.5 Å². The van der Waals surface area contributed by atoms with Crippen LogP contribution in [0.1, 0.15) is 19.0 Å². The molecule has 2 unspecified atom stereocenters. The van der Waals surface area contributed by atoms with Crippen LogP contribution in [-0.2, 0) is 4.74 Å². The topological polar surface area (TPSA) is 45.9 Å². The van der Waals surface area contributed by atoms with Gasteiger partial charge in [-0.15, -0.1) is 11.8 Å². The summed E-state index contributed by atoms with van der Waals surface area (Å²) in [5, 5.41) is 9.13. The fraction of sp³-hybridized carbons (Fsp3) is 0.455. The van der Waals surface area contributed by atoms with Crippen molar-refractivity contribution in [2.45, 2.75) is 29.6 Å². The number of hydrogen-bond acceptors (Lipinski definition) is 4. The van der Waals surface area contributed by atoms with E-state index in [-0.39, 0.29) is 0 Å². The van der Waals surface area contributed by atoms with E-state index in [4.69, 9.17) is 10.00 Å². The minimum atomic E-state index is 0.311.